The van der Waals surface area contributed by atoms with Crippen molar-refractivity contribution >= 4 is 0 Å². The van der Waals surface area contributed by atoms with Gasteiger partial charge in [0.05, 0.1) is 18.2 Å². The molecule has 4 atom stereocenters. The summed E-state index contributed by atoms with van der Waals surface area (Å²) in [6.45, 7) is 0. The second kappa shape index (κ2) is 4.57. The number of nitrogens with two attached hydrogens (primary N) is 1. The van der Waals surface area contributed by atoms with E-state index >= 15 is 0 Å². The van der Waals surface area contributed by atoms with Crippen molar-refractivity contribution in [3.05, 3.63) is 35.4 Å². The predicted octanol–water partition coefficient (Wildman–Crippen LogP) is 2.04. The standard InChI is InChI=1S/C13H16F2N2O/c14-7-1-3-9(11(15)5-7)13(17-16)10-6-8-2-4-12(10)18-8/h1,3,5,8,10,12-13,17H,2,4,6,16H2. The van der Waals surface area contributed by atoms with Gasteiger partial charge in [-0.3, -0.25) is 11.3 Å². The number of hydrogen-bond donors (Lipinski definition) is 2. The predicted molar refractivity (Wildman–Crippen MR) is 62.4 cm³/mol. The molecule has 3 rings (SSSR count). The first-order chi connectivity index (χ1) is 8.69. The van der Waals surface area contributed by atoms with Gasteiger partial charge in [0.2, 0.25) is 0 Å². The van der Waals surface area contributed by atoms with Gasteiger partial charge in [-0.15, -0.1) is 0 Å². The second-order valence-corrected chi connectivity index (χ2v) is 5.08. The number of nitrogens with one attached hydrogen (secondary N) is 1. The lowest BCUT2D eigenvalue weighted by atomic mass is 9.81. The van der Waals surface area contributed by atoms with E-state index in [2.05, 4.69) is 5.43 Å². The SMILES string of the molecule is NNC(c1ccc(F)cc1F)C1CC2CCC1O2. The van der Waals surface area contributed by atoms with Crippen molar-refractivity contribution in [3.63, 3.8) is 0 Å². The highest BCUT2D eigenvalue weighted by Crippen LogP contribution is 2.44. The quantitative estimate of drug-likeness (QED) is 0.641. The molecule has 2 fully saturated rings. The molecule has 2 aliphatic rings. The van der Waals surface area contributed by atoms with E-state index in [0.29, 0.717) is 5.56 Å². The van der Waals surface area contributed by atoms with E-state index in [4.69, 9.17) is 10.6 Å². The Hall–Kier alpha value is -1.04. The van der Waals surface area contributed by atoms with Crippen LogP contribution in [0.1, 0.15) is 30.9 Å². The molecular weight excluding hydrogens is 238 g/mol. The van der Waals surface area contributed by atoms with Gasteiger partial charge < -0.3 is 4.74 Å². The van der Waals surface area contributed by atoms with E-state index in [1.807, 2.05) is 0 Å². The Bertz CT molecular complexity index is 455. The van der Waals surface area contributed by atoms with Crippen LogP contribution in [-0.2, 0) is 4.74 Å². The summed E-state index contributed by atoms with van der Waals surface area (Å²) in [6, 6.07) is 3.30. The minimum Gasteiger partial charge on any atom is -0.375 e. The highest BCUT2D eigenvalue weighted by Gasteiger charge is 2.45. The fourth-order valence-corrected chi connectivity index (χ4v) is 3.23. The third kappa shape index (κ3) is 1.92. The molecule has 3 N–H and O–H groups in total. The smallest absolute Gasteiger partial charge is 0.130 e. The molecule has 98 valence electrons. The van der Waals surface area contributed by atoms with E-state index < -0.39 is 11.6 Å². The zero-order valence-electron chi connectivity index (χ0n) is 9.90. The maximum atomic E-state index is 13.8. The third-order valence-electron chi connectivity index (χ3n) is 4.06. The lowest BCUT2D eigenvalue weighted by Gasteiger charge is -2.28. The lowest BCUT2D eigenvalue weighted by molar-refractivity contribution is 0.0854. The Morgan fingerprint density at radius 2 is 2.17 bits per heavy atom. The average molecular weight is 254 g/mol. The van der Waals surface area contributed by atoms with Crippen LogP contribution >= 0.6 is 0 Å². The Kier molecular flexibility index (Phi) is 3.05. The number of fused-ring (bicyclic) bond motifs is 2. The summed E-state index contributed by atoms with van der Waals surface area (Å²) in [5.74, 6) is 4.59. The Morgan fingerprint density at radius 3 is 2.72 bits per heavy atom. The minimum absolute atomic E-state index is 0.139. The summed E-state index contributed by atoms with van der Waals surface area (Å²) in [5.41, 5.74) is 3.08. The molecule has 2 bridgehead atoms. The molecule has 0 aliphatic carbocycles. The van der Waals surface area contributed by atoms with Crippen LogP contribution in [0.4, 0.5) is 8.78 Å². The highest BCUT2D eigenvalue weighted by molar-refractivity contribution is 5.24. The van der Waals surface area contributed by atoms with Gasteiger partial charge in [0.25, 0.3) is 0 Å². The van der Waals surface area contributed by atoms with Crippen molar-refractivity contribution < 1.29 is 13.5 Å². The van der Waals surface area contributed by atoms with Gasteiger partial charge in [0.1, 0.15) is 11.6 Å². The van der Waals surface area contributed by atoms with Crippen molar-refractivity contribution in [1.29, 1.82) is 0 Å². The molecule has 0 aromatic heterocycles. The van der Waals surface area contributed by atoms with E-state index in [1.165, 1.54) is 12.1 Å². The molecule has 0 spiro atoms. The summed E-state index contributed by atoms with van der Waals surface area (Å²) < 4.78 is 32.5. The molecule has 4 unspecified atom stereocenters. The molecule has 0 radical (unpaired) electrons. The third-order valence-corrected chi connectivity index (χ3v) is 4.06. The zero-order chi connectivity index (χ0) is 12.7. The largest absolute Gasteiger partial charge is 0.375 e. The van der Waals surface area contributed by atoms with Gasteiger partial charge in [0, 0.05) is 17.5 Å². The van der Waals surface area contributed by atoms with Crippen LogP contribution in [0.5, 0.6) is 0 Å². The average Bonchev–Trinajstić information content (AvgIpc) is 2.95. The first-order valence-corrected chi connectivity index (χ1v) is 6.25. The summed E-state index contributed by atoms with van der Waals surface area (Å²) in [4.78, 5) is 0. The molecule has 3 nitrogen and oxygen atoms in total. The van der Waals surface area contributed by atoms with Crippen LogP contribution in [-0.4, -0.2) is 12.2 Å². The molecule has 18 heavy (non-hydrogen) atoms. The Balaban J connectivity index is 1.88. The van der Waals surface area contributed by atoms with Crippen molar-refractivity contribution in [2.24, 2.45) is 11.8 Å². The number of hydrogen-bond acceptors (Lipinski definition) is 3. The fourth-order valence-electron chi connectivity index (χ4n) is 3.23. The molecule has 2 saturated heterocycles. The van der Waals surface area contributed by atoms with Gasteiger partial charge in [-0.05, 0) is 25.3 Å². The number of ether oxygens (including phenoxy) is 1. The van der Waals surface area contributed by atoms with E-state index in [-0.39, 0.29) is 24.2 Å². The first-order valence-electron chi connectivity index (χ1n) is 6.25. The maximum absolute atomic E-state index is 13.8. The van der Waals surface area contributed by atoms with Gasteiger partial charge in [-0.25, -0.2) is 8.78 Å². The Morgan fingerprint density at radius 1 is 1.33 bits per heavy atom. The van der Waals surface area contributed by atoms with Crippen molar-refractivity contribution in [1.82, 2.24) is 5.43 Å². The maximum Gasteiger partial charge on any atom is 0.130 e. The van der Waals surface area contributed by atoms with Crippen LogP contribution < -0.4 is 11.3 Å². The summed E-state index contributed by atoms with van der Waals surface area (Å²) in [5, 5.41) is 0. The van der Waals surface area contributed by atoms with Crippen LogP contribution in [0.25, 0.3) is 0 Å². The van der Waals surface area contributed by atoms with Crippen LogP contribution in [0, 0.1) is 17.6 Å². The first kappa shape index (κ1) is 12.0. The molecule has 1 aromatic rings. The van der Waals surface area contributed by atoms with Gasteiger partial charge >= 0.3 is 0 Å². The molecule has 2 heterocycles. The van der Waals surface area contributed by atoms with Gasteiger partial charge in [-0.1, -0.05) is 6.07 Å². The fraction of sp³-hybridized carbons (Fsp3) is 0.538. The van der Waals surface area contributed by atoms with E-state index in [0.717, 1.165) is 25.3 Å². The van der Waals surface area contributed by atoms with Crippen LogP contribution in [0.2, 0.25) is 0 Å². The van der Waals surface area contributed by atoms with Crippen LogP contribution in [0.3, 0.4) is 0 Å². The molecule has 1 aromatic carbocycles. The Labute approximate surface area is 104 Å². The van der Waals surface area contributed by atoms with E-state index in [9.17, 15) is 8.78 Å². The number of hydrazine groups is 1. The number of halogens is 2. The van der Waals surface area contributed by atoms with Gasteiger partial charge in [-0.2, -0.15) is 0 Å². The number of rotatable bonds is 3. The summed E-state index contributed by atoms with van der Waals surface area (Å²) in [6.07, 6.45) is 3.37. The molecule has 0 saturated carbocycles. The van der Waals surface area contributed by atoms with Crippen molar-refractivity contribution in [3.8, 4) is 0 Å². The lowest BCUT2D eigenvalue weighted by Crippen LogP contribution is -2.38. The summed E-state index contributed by atoms with van der Waals surface area (Å²) in [7, 11) is 0. The van der Waals surface area contributed by atoms with Crippen molar-refractivity contribution in [2.45, 2.75) is 37.5 Å². The number of benzene rings is 1. The zero-order valence-corrected chi connectivity index (χ0v) is 9.90. The van der Waals surface area contributed by atoms with Crippen LogP contribution in [0.15, 0.2) is 18.2 Å². The molecule has 0 amide bonds. The molecule has 2 aliphatic heterocycles. The highest BCUT2D eigenvalue weighted by atomic mass is 19.1. The van der Waals surface area contributed by atoms with E-state index in [1.54, 1.807) is 0 Å². The minimum atomic E-state index is -0.573. The molecular formula is C13H16F2N2O. The topological polar surface area (TPSA) is 47.3 Å². The van der Waals surface area contributed by atoms with Crippen molar-refractivity contribution in [2.75, 3.05) is 0 Å². The normalized spacial score (nSPS) is 31.8. The molecule has 5 heteroatoms. The monoisotopic (exact) mass is 254 g/mol. The summed E-state index contributed by atoms with van der Waals surface area (Å²) >= 11 is 0. The van der Waals surface area contributed by atoms with Gasteiger partial charge in [0.15, 0.2) is 0 Å². The second-order valence-electron chi connectivity index (χ2n) is 5.08.